The molecule has 3 heterocycles. The first-order valence-corrected chi connectivity index (χ1v) is 19.4. The van der Waals surface area contributed by atoms with Crippen LogP contribution in [0.15, 0.2) is 158 Å². The molecule has 258 valence electrons. The topological polar surface area (TPSA) is 14.8 Å². The van der Waals surface area contributed by atoms with Crippen LogP contribution in [0.25, 0.3) is 82.5 Å². The zero-order chi connectivity index (χ0) is 35.3. The van der Waals surface area contributed by atoms with E-state index in [1.807, 2.05) is 0 Å². The molecule has 0 atom stereocenters. The number of hydrogen-bond donors (Lipinski definition) is 0. The van der Waals surface area contributed by atoms with Crippen LogP contribution in [0, 0.1) is 0 Å². The predicted molar refractivity (Wildman–Crippen MR) is 227 cm³/mol. The first-order chi connectivity index (χ1) is 26.3. The van der Waals surface area contributed by atoms with E-state index in [0.29, 0.717) is 0 Å². The van der Waals surface area contributed by atoms with E-state index in [1.165, 1.54) is 127 Å². The number of benzene rings is 7. The third-order valence-electron chi connectivity index (χ3n) is 11.4. The quantitative estimate of drug-likeness (QED) is 0.127. The van der Waals surface area contributed by atoms with Gasteiger partial charge in [0.25, 0.3) is 0 Å². The smallest absolute Gasteiger partial charge is 0.0641 e. The maximum Gasteiger partial charge on any atom is 0.0641 e. The van der Waals surface area contributed by atoms with Gasteiger partial charge < -0.3 is 13.7 Å². The fourth-order valence-corrected chi connectivity index (χ4v) is 8.93. The van der Waals surface area contributed by atoms with Gasteiger partial charge in [-0.15, -0.1) is 0 Å². The summed E-state index contributed by atoms with van der Waals surface area (Å²) in [5.41, 5.74) is 12.3. The third kappa shape index (κ3) is 5.17. The van der Waals surface area contributed by atoms with Crippen LogP contribution in [0.5, 0.6) is 0 Å². The Kier molecular flexibility index (Phi) is 7.87. The standard InChI is InChI=1S/C50H43N3/c1-2-3-4-5-6-8-17-35-26-28-37(29-27-35)51-44-23-14-12-21-40(44)43-34-38(30-32-47(43)51)53-45-24-15-11-20-39(45)41-31-33-48-49(50(41)53)42-22-13-16-25-46(42)52(48)36-18-9-7-10-19-36/h7,9-16,18-34H,2-6,8,17H2,1H3. The molecule has 0 unspecified atom stereocenters. The minimum Gasteiger partial charge on any atom is -0.309 e. The van der Waals surface area contributed by atoms with Crippen molar-refractivity contribution in [3.05, 3.63) is 163 Å². The van der Waals surface area contributed by atoms with Gasteiger partial charge in [-0.05, 0) is 85.1 Å². The molecule has 0 aliphatic carbocycles. The second kappa shape index (κ2) is 13.2. The Bertz CT molecular complexity index is 2920. The minimum absolute atomic E-state index is 1.15. The van der Waals surface area contributed by atoms with Crippen molar-refractivity contribution in [2.24, 2.45) is 0 Å². The molecule has 0 saturated carbocycles. The SMILES string of the molecule is CCCCCCCCc1ccc(-n2c3ccccc3c3cc(-n4c5ccccc5c5ccc6c(c7ccccc7n6-c6ccccc6)c54)ccc32)cc1. The van der Waals surface area contributed by atoms with Crippen molar-refractivity contribution in [2.75, 3.05) is 0 Å². The zero-order valence-corrected chi connectivity index (χ0v) is 30.3. The molecule has 0 spiro atoms. The molecule has 0 fully saturated rings. The fraction of sp³-hybridized carbons (Fsp3) is 0.160. The van der Waals surface area contributed by atoms with Gasteiger partial charge in [-0.1, -0.05) is 130 Å². The van der Waals surface area contributed by atoms with E-state index in [4.69, 9.17) is 0 Å². The largest absolute Gasteiger partial charge is 0.309 e. The van der Waals surface area contributed by atoms with Crippen molar-refractivity contribution < 1.29 is 0 Å². The maximum atomic E-state index is 2.51. The molecule has 0 aliphatic rings. The third-order valence-corrected chi connectivity index (χ3v) is 11.4. The summed E-state index contributed by atoms with van der Waals surface area (Å²) in [5.74, 6) is 0. The Hall–Kier alpha value is -6.06. The second-order valence-electron chi connectivity index (χ2n) is 14.6. The Morgan fingerprint density at radius 2 is 0.887 bits per heavy atom. The molecule has 3 heteroatoms. The summed E-state index contributed by atoms with van der Waals surface area (Å²) in [5, 5.41) is 7.61. The summed E-state index contributed by atoms with van der Waals surface area (Å²) >= 11 is 0. The molecule has 3 nitrogen and oxygen atoms in total. The second-order valence-corrected chi connectivity index (χ2v) is 14.6. The van der Waals surface area contributed by atoms with Gasteiger partial charge in [0.1, 0.15) is 0 Å². The number of aryl methyl sites for hydroxylation is 1. The summed E-state index contributed by atoms with van der Waals surface area (Å²) in [6.07, 6.45) is 9.12. The average molecular weight is 686 g/mol. The molecule has 0 N–H and O–H groups in total. The molecule has 3 aromatic heterocycles. The number of aromatic nitrogens is 3. The summed E-state index contributed by atoms with van der Waals surface area (Å²) in [4.78, 5) is 0. The van der Waals surface area contributed by atoms with E-state index in [9.17, 15) is 0 Å². The van der Waals surface area contributed by atoms with Gasteiger partial charge in [0.15, 0.2) is 0 Å². The first-order valence-electron chi connectivity index (χ1n) is 19.4. The van der Waals surface area contributed by atoms with Gasteiger partial charge in [-0.25, -0.2) is 0 Å². The molecule has 53 heavy (non-hydrogen) atoms. The van der Waals surface area contributed by atoms with Crippen LogP contribution in [-0.2, 0) is 6.42 Å². The number of unbranched alkanes of at least 4 members (excludes halogenated alkanes) is 5. The Morgan fingerprint density at radius 3 is 1.64 bits per heavy atom. The van der Waals surface area contributed by atoms with E-state index in [1.54, 1.807) is 0 Å². The monoisotopic (exact) mass is 685 g/mol. The number of rotatable bonds is 10. The number of para-hydroxylation sites is 4. The molecule has 0 amide bonds. The van der Waals surface area contributed by atoms with Gasteiger partial charge in [-0.3, -0.25) is 0 Å². The number of hydrogen-bond acceptors (Lipinski definition) is 0. The van der Waals surface area contributed by atoms with Crippen molar-refractivity contribution in [1.82, 2.24) is 13.7 Å². The first kappa shape index (κ1) is 31.7. The molecule has 10 aromatic rings. The van der Waals surface area contributed by atoms with Gasteiger partial charge in [0.2, 0.25) is 0 Å². The van der Waals surface area contributed by atoms with Crippen LogP contribution < -0.4 is 0 Å². The average Bonchev–Trinajstić information content (AvgIpc) is 3.85. The molecular weight excluding hydrogens is 643 g/mol. The lowest BCUT2D eigenvalue weighted by atomic mass is 10.0. The van der Waals surface area contributed by atoms with Crippen molar-refractivity contribution in [3.63, 3.8) is 0 Å². The lowest BCUT2D eigenvalue weighted by Gasteiger charge is -2.12. The summed E-state index contributed by atoms with van der Waals surface area (Å²) in [6, 6.07) is 58.4. The van der Waals surface area contributed by atoms with Crippen LogP contribution in [0.3, 0.4) is 0 Å². The molecule has 0 bridgehead atoms. The van der Waals surface area contributed by atoms with Crippen molar-refractivity contribution in [1.29, 1.82) is 0 Å². The van der Waals surface area contributed by atoms with E-state index in [-0.39, 0.29) is 0 Å². The zero-order valence-electron chi connectivity index (χ0n) is 30.3. The van der Waals surface area contributed by atoms with Gasteiger partial charge >= 0.3 is 0 Å². The summed E-state index contributed by atoms with van der Waals surface area (Å²) in [6.45, 7) is 2.28. The Balaban J connectivity index is 1.16. The predicted octanol–water partition coefficient (Wildman–Crippen LogP) is 13.9. The summed E-state index contributed by atoms with van der Waals surface area (Å²) in [7, 11) is 0. The van der Waals surface area contributed by atoms with Gasteiger partial charge in [0, 0.05) is 49.4 Å². The molecule has 10 rings (SSSR count). The van der Waals surface area contributed by atoms with Crippen LogP contribution in [-0.4, -0.2) is 13.7 Å². The highest BCUT2D eigenvalue weighted by Crippen LogP contribution is 2.43. The van der Waals surface area contributed by atoms with Crippen molar-refractivity contribution in [3.8, 4) is 17.1 Å². The van der Waals surface area contributed by atoms with E-state index in [0.717, 1.165) is 6.42 Å². The Labute approximate surface area is 310 Å². The molecule has 0 saturated heterocycles. The molecule has 0 radical (unpaired) electrons. The molecular formula is C50H43N3. The maximum absolute atomic E-state index is 2.51. The van der Waals surface area contributed by atoms with E-state index < -0.39 is 0 Å². The number of nitrogens with zero attached hydrogens (tertiary/aromatic N) is 3. The van der Waals surface area contributed by atoms with E-state index in [2.05, 4.69) is 178 Å². The van der Waals surface area contributed by atoms with Gasteiger partial charge in [0.05, 0.1) is 33.1 Å². The molecule has 7 aromatic carbocycles. The minimum atomic E-state index is 1.15. The van der Waals surface area contributed by atoms with Crippen molar-refractivity contribution in [2.45, 2.75) is 51.9 Å². The Morgan fingerprint density at radius 1 is 0.358 bits per heavy atom. The highest BCUT2D eigenvalue weighted by atomic mass is 15.0. The van der Waals surface area contributed by atoms with Gasteiger partial charge in [-0.2, -0.15) is 0 Å². The number of fused-ring (bicyclic) bond motifs is 10. The highest BCUT2D eigenvalue weighted by Gasteiger charge is 2.21. The van der Waals surface area contributed by atoms with Crippen LogP contribution in [0.1, 0.15) is 51.0 Å². The lowest BCUT2D eigenvalue weighted by molar-refractivity contribution is 0.607. The van der Waals surface area contributed by atoms with Crippen molar-refractivity contribution >= 4 is 65.4 Å². The summed E-state index contributed by atoms with van der Waals surface area (Å²) < 4.78 is 7.37. The normalized spacial score (nSPS) is 12.0. The van der Waals surface area contributed by atoms with Crippen LogP contribution in [0.4, 0.5) is 0 Å². The lowest BCUT2D eigenvalue weighted by Crippen LogP contribution is -1.97. The molecule has 0 aliphatic heterocycles. The highest BCUT2D eigenvalue weighted by molar-refractivity contribution is 6.26. The van der Waals surface area contributed by atoms with Crippen LogP contribution >= 0.6 is 0 Å². The van der Waals surface area contributed by atoms with E-state index >= 15 is 0 Å². The fourth-order valence-electron chi connectivity index (χ4n) is 8.93. The van der Waals surface area contributed by atoms with Crippen LogP contribution in [0.2, 0.25) is 0 Å².